The van der Waals surface area contributed by atoms with E-state index < -0.39 is 0 Å². The molecule has 0 radical (unpaired) electrons. The molecule has 3 nitrogen and oxygen atoms in total. The number of hydrazine groups is 1. The maximum atomic E-state index is 5.71. The summed E-state index contributed by atoms with van der Waals surface area (Å²) < 4.78 is 5.42. The fourth-order valence-corrected chi connectivity index (χ4v) is 3.10. The van der Waals surface area contributed by atoms with E-state index >= 15 is 0 Å². The highest BCUT2D eigenvalue weighted by molar-refractivity contribution is 5.09. The van der Waals surface area contributed by atoms with Crippen LogP contribution in [0.3, 0.4) is 0 Å². The molecule has 0 amide bonds. The summed E-state index contributed by atoms with van der Waals surface area (Å²) in [5.41, 5.74) is 4.36. The standard InChI is InChI=1S/C14H26N2O/c15-16-14(13-8-5-9-17-11-13)10-12-6-3-1-2-4-7-12/h11-12,14,16H,1-10,15H2. The van der Waals surface area contributed by atoms with Crippen LogP contribution in [0.2, 0.25) is 0 Å². The van der Waals surface area contributed by atoms with Gasteiger partial charge in [-0.3, -0.25) is 11.3 Å². The second-order valence-corrected chi connectivity index (χ2v) is 5.48. The Kier molecular flexibility index (Phi) is 5.33. The van der Waals surface area contributed by atoms with Gasteiger partial charge >= 0.3 is 0 Å². The first kappa shape index (κ1) is 12.9. The Balaban J connectivity index is 1.86. The molecule has 1 unspecified atom stereocenters. The van der Waals surface area contributed by atoms with E-state index in [9.17, 15) is 0 Å². The Morgan fingerprint density at radius 2 is 2.00 bits per heavy atom. The molecule has 2 rings (SSSR count). The lowest BCUT2D eigenvalue weighted by atomic mass is 9.88. The van der Waals surface area contributed by atoms with Gasteiger partial charge in [0.1, 0.15) is 0 Å². The highest BCUT2D eigenvalue weighted by Crippen LogP contribution is 2.29. The summed E-state index contributed by atoms with van der Waals surface area (Å²) in [6, 6.07) is 0.332. The third kappa shape index (κ3) is 4.00. The van der Waals surface area contributed by atoms with Gasteiger partial charge in [0.25, 0.3) is 0 Å². The number of nitrogens with two attached hydrogens (primary N) is 1. The van der Waals surface area contributed by atoms with E-state index in [4.69, 9.17) is 10.6 Å². The SMILES string of the molecule is NNC(CC1CCCCCC1)C1=COCCC1. The van der Waals surface area contributed by atoms with Crippen LogP contribution in [0.4, 0.5) is 0 Å². The van der Waals surface area contributed by atoms with Crippen molar-refractivity contribution in [1.29, 1.82) is 0 Å². The van der Waals surface area contributed by atoms with Crippen molar-refractivity contribution in [3.05, 3.63) is 11.8 Å². The zero-order chi connectivity index (χ0) is 11.9. The first-order valence-corrected chi connectivity index (χ1v) is 7.17. The monoisotopic (exact) mass is 238 g/mol. The topological polar surface area (TPSA) is 47.3 Å². The number of nitrogens with one attached hydrogen (secondary N) is 1. The minimum absolute atomic E-state index is 0.332. The second kappa shape index (κ2) is 7.02. The van der Waals surface area contributed by atoms with E-state index in [2.05, 4.69) is 5.43 Å². The summed E-state index contributed by atoms with van der Waals surface area (Å²) in [6.45, 7) is 0.865. The lowest BCUT2D eigenvalue weighted by molar-refractivity contribution is 0.216. The number of ether oxygens (including phenoxy) is 1. The summed E-state index contributed by atoms with van der Waals surface area (Å²) in [7, 11) is 0. The fraction of sp³-hybridized carbons (Fsp3) is 0.857. The Hall–Kier alpha value is -0.540. The number of hydrogen-bond donors (Lipinski definition) is 2. The molecule has 1 heterocycles. The molecule has 0 bridgehead atoms. The third-order valence-corrected chi connectivity index (χ3v) is 4.15. The van der Waals surface area contributed by atoms with Gasteiger partial charge in [0.05, 0.1) is 12.9 Å². The Morgan fingerprint density at radius 1 is 1.24 bits per heavy atom. The van der Waals surface area contributed by atoms with Gasteiger partial charge in [-0.05, 0) is 30.8 Å². The van der Waals surface area contributed by atoms with Crippen molar-refractivity contribution in [3.63, 3.8) is 0 Å². The third-order valence-electron chi connectivity index (χ3n) is 4.15. The molecule has 17 heavy (non-hydrogen) atoms. The highest BCUT2D eigenvalue weighted by Gasteiger charge is 2.21. The molecular formula is C14H26N2O. The summed E-state index contributed by atoms with van der Waals surface area (Å²) in [6.07, 6.45) is 13.8. The van der Waals surface area contributed by atoms with E-state index in [0.29, 0.717) is 6.04 Å². The molecule has 0 aromatic heterocycles. The van der Waals surface area contributed by atoms with Crippen molar-refractivity contribution in [2.24, 2.45) is 11.8 Å². The van der Waals surface area contributed by atoms with Gasteiger partial charge in [0.2, 0.25) is 0 Å². The molecule has 0 aromatic rings. The van der Waals surface area contributed by atoms with Crippen LogP contribution in [0.25, 0.3) is 0 Å². The van der Waals surface area contributed by atoms with Gasteiger partial charge in [-0.25, -0.2) is 0 Å². The van der Waals surface area contributed by atoms with Crippen molar-refractivity contribution in [3.8, 4) is 0 Å². The molecule has 98 valence electrons. The largest absolute Gasteiger partial charge is 0.501 e. The molecule has 3 heteroatoms. The second-order valence-electron chi connectivity index (χ2n) is 5.48. The van der Waals surface area contributed by atoms with E-state index in [-0.39, 0.29) is 0 Å². The minimum Gasteiger partial charge on any atom is -0.501 e. The summed E-state index contributed by atoms with van der Waals surface area (Å²) in [5.74, 6) is 6.56. The molecule has 1 fully saturated rings. The Bertz CT molecular complexity index is 245. The van der Waals surface area contributed by atoms with Crippen molar-refractivity contribution >= 4 is 0 Å². The highest BCUT2D eigenvalue weighted by atomic mass is 16.5. The normalized spacial score (nSPS) is 24.6. The Morgan fingerprint density at radius 3 is 2.59 bits per heavy atom. The minimum atomic E-state index is 0.332. The van der Waals surface area contributed by atoms with E-state index in [1.807, 2.05) is 6.26 Å². The van der Waals surface area contributed by atoms with Gasteiger partial charge in [0, 0.05) is 6.04 Å². The summed E-state index contributed by atoms with van der Waals surface area (Å²) in [4.78, 5) is 0. The molecule has 1 aliphatic heterocycles. The first-order valence-electron chi connectivity index (χ1n) is 7.17. The van der Waals surface area contributed by atoms with Gasteiger partial charge in [-0.1, -0.05) is 38.5 Å². The number of hydrogen-bond acceptors (Lipinski definition) is 3. The van der Waals surface area contributed by atoms with Crippen molar-refractivity contribution in [2.45, 2.75) is 63.8 Å². The predicted molar refractivity (Wildman–Crippen MR) is 70.2 cm³/mol. The maximum absolute atomic E-state index is 5.71. The first-order chi connectivity index (χ1) is 8.40. The van der Waals surface area contributed by atoms with Crippen LogP contribution in [-0.2, 0) is 4.74 Å². The molecule has 2 aliphatic rings. The quantitative estimate of drug-likeness (QED) is 0.450. The zero-order valence-corrected chi connectivity index (χ0v) is 10.8. The van der Waals surface area contributed by atoms with Gasteiger partial charge in [-0.15, -0.1) is 0 Å². The van der Waals surface area contributed by atoms with E-state index in [1.54, 1.807) is 0 Å². The fourth-order valence-electron chi connectivity index (χ4n) is 3.10. The summed E-state index contributed by atoms with van der Waals surface area (Å²) in [5, 5.41) is 0. The molecule has 1 saturated carbocycles. The maximum Gasteiger partial charge on any atom is 0.0876 e. The van der Waals surface area contributed by atoms with E-state index in [1.165, 1.54) is 50.5 Å². The molecule has 0 saturated heterocycles. The van der Waals surface area contributed by atoms with Crippen molar-refractivity contribution < 1.29 is 4.74 Å². The lowest BCUT2D eigenvalue weighted by Crippen LogP contribution is -2.38. The van der Waals surface area contributed by atoms with E-state index in [0.717, 1.165) is 25.4 Å². The van der Waals surface area contributed by atoms with Crippen LogP contribution in [0.15, 0.2) is 11.8 Å². The van der Waals surface area contributed by atoms with Crippen molar-refractivity contribution in [1.82, 2.24) is 5.43 Å². The molecule has 1 aliphatic carbocycles. The van der Waals surface area contributed by atoms with Crippen LogP contribution in [0, 0.1) is 5.92 Å². The molecular weight excluding hydrogens is 212 g/mol. The van der Waals surface area contributed by atoms with Gasteiger partial charge in [-0.2, -0.15) is 0 Å². The van der Waals surface area contributed by atoms with Crippen LogP contribution < -0.4 is 11.3 Å². The van der Waals surface area contributed by atoms with Crippen LogP contribution in [0.5, 0.6) is 0 Å². The number of rotatable bonds is 4. The van der Waals surface area contributed by atoms with Crippen LogP contribution in [-0.4, -0.2) is 12.6 Å². The van der Waals surface area contributed by atoms with Gasteiger partial charge in [0.15, 0.2) is 0 Å². The van der Waals surface area contributed by atoms with Crippen molar-refractivity contribution in [2.75, 3.05) is 6.61 Å². The molecule has 0 spiro atoms. The Labute approximate surface area is 105 Å². The van der Waals surface area contributed by atoms with Gasteiger partial charge < -0.3 is 4.74 Å². The van der Waals surface area contributed by atoms with Crippen LogP contribution >= 0.6 is 0 Å². The molecule has 1 atom stereocenters. The average molecular weight is 238 g/mol. The predicted octanol–water partition coefficient (Wildman–Crippen LogP) is 2.87. The molecule has 3 N–H and O–H groups in total. The lowest BCUT2D eigenvalue weighted by Gasteiger charge is -2.26. The zero-order valence-electron chi connectivity index (χ0n) is 10.8. The summed E-state index contributed by atoms with van der Waals surface area (Å²) >= 11 is 0. The molecule has 0 aromatic carbocycles. The average Bonchev–Trinajstić information content (AvgIpc) is 2.65. The van der Waals surface area contributed by atoms with Crippen LogP contribution in [0.1, 0.15) is 57.8 Å². The smallest absolute Gasteiger partial charge is 0.0876 e.